The van der Waals surface area contributed by atoms with Crippen molar-refractivity contribution in [2.45, 2.75) is 18.6 Å². The van der Waals surface area contributed by atoms with Crippen molar-refractivity contribution in [3.63, 3.8) is 0 Å². The molecule has 0 radical (unpaired) electrons. The number of carboxylic acid groups (broad SMARTS) is 1. The summed E-state index contributed by atoms with van der Waals surface area (Å²) in [7, 11) is 0. The third kappa shape index (κ3) is 1.49. The quantitative estimate of drug-likeness (QED) is 0.871. The van der Waals surface area contributed by atoms with Crippen LogP contribution in [-0.2, 0) is 0 Å². The van der Waals surface area contributed by atoms with Gasteiger partial charge in [0.25, 0.3) is 0 Å². The van der Waals surface area contributed by atoms with Crippen LogP contribution in [0.15, 0.2) is 29.3 Å². The van der Waals surface area contributed by atoms with Crippen molar-refractivity contribution in [2.75, 3.05) is 0 Å². The van der Waals surface area contributed by atoms with Crippen LogP contribution in [0.1, 0.15) is 22.8 Å². The summed E-state index contributed by atoms with van der Waals surface area (Å²) >= 11 is 0. The van der Waals surface area contributed by atoms with Crippen molar-refractivity contribution in [1.82, 2.24) is 9.55 Å². The summed E-state index contributed by atoms with van der Waals surface area (Å²) in [5.74, 6) is -1.31. The van der Waals surface area contributed by atoms with Crippen LogP contribution in [0.5, 0.6) is 0 Å². The highest BCUT2D eigenvalue weighted by atomic mass is 19.1. The summed E-state index contributed by atoms with van der Waals surface area (Å²) in [4.78, 5) is 27.0. The van der Waals surface area contributed by atoms with Gasteiger partial charge in [0.05, 0.1) is 11.4 Å². The highest BCUT2D eigenvalue weighted by Gasteiger charge is 2.40. The average Bonchev–Trinajstić information content (AvgIpc) is 3.06. The van der Waals surface area contributed by atoms with Gasteiger partial charge in [-0.25, -0.2) is 14.2 Å². The Labute approximate surface area is 100 Å². The maximum Gasteiger partial charge on any atom is 0.341 e. The Kier molecular flexibility index (Phi) is 2.19. The molecule has 0 bridgehead atoms. The fourth-order valence-corrected chi connectivity index (χ4v) is 2.03. The molecular weight excluding hydrogens is 239 g/mol. The zero-order chi connectivity index (χ0) is 12.9. The van der Waals surface area contributed by atoms with Crippen molar-refractivity contribution in [3.8, 4) is 0 Å². The van der Waals surface area contributed by atoms with Crippen LogP contribution in [0, 0.1) is 0 Å². The second kappa shape index (κ2) is 3.63. The van der Waals surface area contributed by atoms with Gasteiger partial charge < -0.3 is 9.67 Å². The number of alkyl halides is 1. The number of nitrogens with zero attached hydrogens (tertiary/aromatic N) is 2. The van der Waals surface area contributed by atoms with Gasteiger partial charge in [-0.3, -0.25) is 4.79 Å². The minimum Gasteiger partial charge on any atom is -0.477 e. The molecule has 3 rings (SSSR count). The normalized spacial score (nSPS) is 22.1. The minimum atomic E-state index is -1.31. The zero-order valence-corrected chi connectivity index (χ0v) is 9.21. The highest BCUT2D eigenvalue weighted by molar-refractivity contribution is 5.91. The van der Waals surface area contributed by atoms with Gasteiger partial charge in [-0.05, 0) is 12.1 Å². The molecule has 92 valence electrons. The molecule has 6 heteroatoms. The van der Waals surface area contributed by atoms with E-state index in [9.17, 15) is 14.0 Å². The van der Waals surface area contributed by atoms with E-state index in [1.807, 2.05) is 0 Å². The summed E-state index contributed by atoms with van der Waals surface area (Å²) in [5, 5.41) is 9.20. The molecule has 0 spiro atoms. The molecule has 0 aliphatic heterocycles. The van der Waals surface area contributed by atoms with Gasteiger partial charge in [-0.1, -0.05) is 0 Å². The number of hydrogen-bond acceptors (Lipinski definition) is 3. The molecule has 0 aromatic carbocycles. The number of carbonyl (C=O) groups is 1. The van der Waals surface area contributed by atoms with Crippen LogP contribution in [0.4, 0.5) is 4.39 Å². The third-order valence-electron chi connectivity index (χ3n) is 3.06. The largest absolute Gasteiger partial charge is 0.477 e. The first-order chi connectivity index (χ1) is 8.59. The first-order valence-corrected chi connectivity index (χ1v) is 5.47. The number of rotatable bonds is 2. The van der Waals surface area contributed by atoms with Crippen LogP contribution in [-0.4, -0.2) is 26.8 Å². The molecule has 0 unspecified atom stereocenters. The summed E-state index contributed by atoms with van der Waals surface area (Å²) in [6.45, 7) is 0. The van der Waals surface area contributed by atoms with Crippen LogP contribution < -0.4 is 5.43 Å². The van der Waals surface area contributed by atoms with E-state index >= 15 is 0 Å². The maximum atomic E-state index is 13.1. The summed E-state index contributed by atoms with van der Waals surface area (Å²) in [5.41, 5.74) is -0.606. The van der Waals surface area contributed by atoms with Crippen LogP contribution in [0.2, 0.25) is 0 Å². The first-order valence-electron chi connectivity index (χ1n) is 5.47. The van der Waals surface area contributed by atoms with Crippen LogP contribution in [0.3, 0.4) is 0 Å². The maximum absolute atomic E-state index is 13.1. The van der Waals surface area contributed by atoms with E-state index in [1.165, 1.54) is 23.0 Å². The van der Waals surface area contributed by atoms with E-state index < -0.39 is 23.6 Å². The van der Waals surface area contributed by atoms with Crippen molar-refractivity contribution in [3.05, 3.63) is 40.3 Å². The van der Waals surface area contributed by atoms with Gasteiger partial charge in [0.2, 0.25) is 5.43 Å². The SMILES string of the molecule is O=C(O)c1cn([C@@H]2C[C@H]2F)c2ncccc2c1=O. The molecule has 1 aliphatic rings. The molecule has 2 aromatic rings. The van der Waals surface area contributed by atoms with E-state index in [0.29, 0.717) is 12.1 Å². The fraction of sp³-hybridized carbons (Fsp3) is 0.250. The summed E-state index contributed by atoms with van der Waals surface area (Å²) in [6.07, 6.45) is 2.01. The first kappa shape index (κ1) is 10.9. The van der Waals surface area contributed by atoms with Gasteiger partial charge in [-0.2, -0.15) is 0 Å². The fourth-order valence-electron chi connectivity index (χ4n) is 2.03. The Balaban J connectivity index is 2.37. The Hall–Kier alpha value is -2.24. The molecule has 18 heavy (non-hydrogen) atoms. The van der Waals surface area contributed by atoms with Crippen molar-refractivity contribution in [2.24, 2.45) is 0 Å². The molecule has 2 aromatic heterocycles. The second-order valence-corrected chi connectivity index (χ2v) is 4.28. The lowest BCUT2D eigenvalue weighted by Gasteiger charge is -2.09. The van der Waals surface area contributed by atoms with Crippen molar-refractivity contribution < 1.29 is 14.3 Å². The third-order valence-corrected chi connectivity index (χ3v) is 3.06. The Morgan fingerprint density at radius 2 is 2.28 bits per heavy atom. The number of pyridine rings is 2. The molecule has 1 saturated carbocycles. The number of hydrogen-bond donors (Lipinski definition) is 1. The van der Waals surface area contributed by atoms with Crippen LogP contribution >= 0.6 is 0 Å². The van der Waals surface area contributed by atoms with Crippen molar-refractivity contribution in [1.29, 1.82) is 0 Å². The Bertz CT molecular complexity index is 710. The monoisotopic (exact) mass is 248 g/mol. The molecular formula is C12H9FN2O3. The lowest BCUT2D eigenvalue weighted by Crippen LogP contribution is -2.19. The molecule has 1 aliphatic carbocycles. The van der Waals surface area contributed by atoms with E-state index in [0.717, 1.165) is 0 Å². The van der Waals surface area contributed by atoms with E-state index in [2.05, 4.69) is 4.98 Å². The number of carboxylic acids is 1. The van der Waals surface area contributed by atoms with Gasteiger partial charge in [0.15, 0.2) is 0 Å². The van der Waals surface area contributed by atoms with E-state index in [4.69, 9.17) is 5.11 Å². The second-order valence-electron chi connectivity index (χ2n) is 4.28. The van der Waals surface area contributed by atoms with E-state index in [1.54, 1.807) is 6.07 Å². The van der Waals surface area contributed by atoms with Gasteiger partial charge in [0.1, 0.15) is 17.4 Å². The summed E-state index contributed by atoms with van der Waals surface area (Å²) in [6, 6.07) is 2.64. The lowest BCUT2D eigenvalue weighted by atomic mass is 10.2. The Morgan fingerprint density at radius 1 is 1.56 bits per heavy atom. The van der Waals surface area contributed by atoms with Gasteiger partial charge >= 0.3 is 5.97 Å². The zero-order valence-electron chi connectivity index (χ0n) is 9.21. The lowest BCUT2D eigenvalue weighted by molar-refractivity contribution is 0.0694. The number of aromatic carboxylic acids is 1. The standard InChI is InChI=1S/C12H9FN2O3/c13-8-4-9(8)15-5-7(12(17)18)10(16)6-2-1-3-14-11(6)15/h1-3,5,8-9H,4H2,(H,17,18)/t8-,9-/m1/s1. The van der Waals surface area contributed by atoms with Crippen LogP contribution in [0.25, 0.3) is 11.0 Å². The molecule has 0 amide bonds. The molecule has 1 fully saturated rings. The molecule has 5 nitrogen and oxygen atoms in total. The highest BCUT2D eigenvalue weighted by Crippen LogP contribution is 2.40. The molecule has 0 saturated heterocycles. The smallest absolute Gasteiger partial charge is 0.341 e. The number of halogens is 1. The van der Waals surface area contributed by atoms with Crippen molar-refractivity contribution >= 4 is 17.0 Å². The topological polar surface area (TPSA) is 72.2 Å². The number of aromatic nitrogens is 2. The van der Waals surface area contributed by atoms with E-state index in [-0.39, 0.29) is 10.9 Å². The predicted octanol–water partition coefficient (Wildman–Crippen LogP) is 1.38. The minimum absolute atomic E-state index is 0.205. The molecule has 2 heterocycles. The number of fused-ring (bicyclic) bond motifs is 1. The average molecular weight is 248 g/mol. The summed E-state index contributed by atoms with van der Waals surface area (Å²) < 4.78 is 14.6. The molecule has 2 atom stereocenters. The predicted molar refractivity (Wildman–Crippen MR) is 61.5 cm³/mol. The van der Waals surface area contributed by atoms with Gasteiger partial charge in [0, 0.05) is 18.8 Å². The molecule has 1 N–H and O–H groups in total. The Morgan fingerprint density at radius 3 is 2.89 bits per heavy atom. The van der Waals surface area contributed by atoms with Gasteiger partial charge in [-0.15, -0.1) is 0 Å².